The van der Waals surface area contributed by atoms with Gasteiger partial charge in [-0.25, -0.2) is 14.4 Å². The SMILES string of the molecule is COc1ccc(-c2cc3c(N(C)Cc4cccc(C)c4)ncnc3[nH]2)cc1F. The molecule has 0 saturated carbocycles. The van der Waals surface area contributed by atoms with E-state index >= 15 is 0 Å². The summed E-state index contributed by atoms with van der Waals surface area (Å²) in [5, 5.41) is 0.892. The molecule has 6 heteroatoms. The van der Waals surface area contributed by atoms with Crippen LogP contribution in [0.3, 0.4) is 0 Å². The fourth-order valence-corrected chi connectivity index (χ4v) is 3.38. The summed E-state index contributed by atoms with van der Waals surface area (Å²) in [5.74, 6) is 0.641. The molecule has 4 rings (SSSR count). The van der Waals surface area contributed by atoms with Gasteiger partial charge in [0.1, 0.15) is 17.8 Å². The number of halogens is 1. The largest absolute Gasteiger partial charge is 0.494 e. The fourth-order valence-electron chi connectivity index (χ4n) is 3.38. The van der Waals surface area contributed by atoms with Gasteiger partial charge in [0.2, 0.25) is 0 Å². The van der Waals surface area contributed by atoms with Crippen molar-refractivity contribution in [1.82, 2.24) is 15.0 Å². The lowest BCUT2D eigenvalue weighted by atomic mass is 10.1. The van der Waals surface area contributed by atoms with Crippen LogP contribution in [0.25, 0.3) is 22.3 Å². The third-order valence-corrected chi connectivity index (χ3v) is 4.73. The van der Waals surface area contributed by atoms with E-state index < -0.39 is 5.82 Å². The number of benzene rings is 2. The molecule has 0 amide bonds. The van der Waals surface area contributed by atoms with Gasteiger partial charge in [0.05, 0.1) is 12.5 Å². The standard InChI is InChI=1S/C22H21FN4O/c1-14-5-4-6-15(9-14)12-27(2)22-17-11-19(26-21(17)24-13-25-22)16-7-8-20(28-3)18(23)10-16/h4-11,13H,12H2,1-3H3,(H,24,25,26). The molecular formula is C22H21FN4O. The van der Waals surface area contributed by atoms with E-state index in [0.717, 1.165) is 29.0 Å². The zero-order chi connectivity index (χ0) is 19.7. The molecule has 0 spiro atoms. The molecule has 0 aliphatic heterocycles. The van der Waals surface area contributed by atoms with Crippen LogP contribution in [0.15, 0.2) is 54.9 Å². The van der Waals surface area contributed by atoms with Gasteiger partial charge in [0.15, 0.2) is 11.6 Å². The maximum absolute atomic E-state index is 14.1. The number of methoxy groups -OCH3 is 1. The summed E-state index contributed by atoms with van der Waals surface area (Å²) in [4.78, 5) is 14.2. The molecule has 0 radical (unpaired) electrons. The van der Waals surface area contributed by atoms with Gasteiger partial charge < -0.3 is 14.6 Å². The molecule has 28 heavy (non-hydrogen) atoms. The number of ether oxygens (including phenoxy) is 1. The molecule has 2 aromatic carbocycles. The summed E-state index contributed by atoms with van der Waals surface area (Å²) in [7, 11) is 3.46. The molecule has 0 saturated heterocycles. The number of hydrogen-bond donors (Lipinski definition) is 1. The highest BCUT2D eigenvalue weighted by Crippen LogP contribution is 2.30. The highest BCUT2D eigenvalue weighted by molar-refractivity contribution is 5.91. The summed E-state index contributed by atoms with van der Waals surface area (Å²) in [6.07, 6.45) is 1.54. The third-order valence-electron chi connectivity index (χ3n) is 4.73. The van der Waals surface area contributed by atoms with Crippen molar-refractivity contribution in [3.05, 3.63) is 71.8 Å². The first-order valence-corrected chi connectivity index (χ1v) is 8.99. The van der Waals surface area contributed by atoms with Gasteiger partial charge in [-0.05, 0) is 36.8 Å². The van der Waals surface area contributed by atoms with E-state index in [1.54, 1.807) is 12.4 Å². The minimum absolute atomic E-state index is 0.221. The summed E-state index contributed by atoms with van der Waals surface area (Å²) < 4.78 is 19.1. The zero-order valence-electron chi connectivity index (χ0n) is 16.0. The molecule has 0 bridgehead atoms. The predicted molar refractivity (Wildman–Crippen MR) is 109 cm³/mol. The quantitative estimate of drug-likeness (QED) is 0.548. The van der Waals surface area contributed by atoms with Gasteiger partial charge in [-0.3, -0.25) is 0 Å². The molecule has 0 aliphatic carbocycles. The maximum atomic E-state index is 14.1. The highest BCUT2D eigenvalue weighted by atomic mass is 19.1. The van der Waals surface area contributed by atoms with Crippen LogP contribution in [0, 0.1) is 12.7 Å². The summed E-state index contributed by atoms with van der Waals surface area (Å²) >= 11 is 0. The van der Waals surface area contributed by atoms with Gasteiger partial charge in [-0.15, -0.1) is 0 Å². The second-order valence-corrected chi connectivity index (χ2v) is 6.84. The highest BCUT2D eigenvalue weighted by Gasteiger charge is 2.14. The number of aryl methyl sites for hydroxylation is 1. The van der Waals surface area contributed by atoms with Crippen LogP contribution >= 0.6 is 0 Å². The van der Waals surface area contributed by atoms with Crippen molar-refractivity contribution in [3.8, 4) is 17.0 Å². The second-order valence-electron chi connectivity index (χ2n) is 6.84. The van der Waals surface area contributed by atoms with Crippen molar-refractivity contribution >= 4 is 16.9 Å². The van der Waals surface area contributed by atoms with Crippen LogP contribution < -0.4 is 9.64 Å². The van der Waals surface area contributed by atoms with Gasteiger partial charge in [-0.2, -0.15) is 0 Å². The van der Waals surface area contributed by atoms with Crippen LogP contribution in [-0.4, -0.2) is 29.1 Å². The number of rotatable bonds is 5. The molecule has 2 heterocycles. The Hall–Kier alpha value is -3.41. The Kier molecular flexibility index (Phi) is 4.69. The first kappa shape index (κ1) is 18.0. The van der Waals surface area contributed by atoms with E-state index in [1.807, 2.05) is 19.2 Å². The van der Waals surface area contributed by atoms with Crippen LogP contribution in [-0.2, 0) is 6.54 Å². The van der Waals surface area contributed by atoms with E-state index in [-0.39, 0.29) is 5.75 Å². The number of fused-ring (bicyclic) bond motifs is 1. The Balaban J connectivity index is 1.70. The predicted octanol–water partition coefficient (Wildman–Crippen LogP) is 4.72. The lowest BCUT2D eigenvalue weighted by Crippen LogP contribution is -2.18. The Morgan fingerprint density at radius 1 is 1.11 bits per heavy atom. The molecule has 5 nitrogen and oxygen atoms in total. The second kappa shape index (κ2) is 7.31. The van der Waals surface area contributed by atoms with Crippen LogP contribution in [0.1, 0.15) is 11.1 Å². The fraction of sp³-hybridized carbons (Fsp3) is 0.182. The number of H-pyrrole nitrogens is 1. The molecule has 0 unspecified atom stereocenters. The summed E-state index contributed by atoms with van der Waals surface area (Å²) in [5.41, 5.74) is 4.66. The molecule has 142 valence electrons. The molecule has 0 fully saturated rings. The van der Waals surface area contributed by atoms with E-state index in [9.17, 15) is 4.39 Å². The molecule has 0 aliphatic rings. The number of aromatic amines is 1. The van der Waals surface area contributed by atoms with Crippen LogP contribution in [0.5, 0.6) is 5.75 Å². The Bertz CT molecular complexity index is 1140. The lowest BCUT2D eigenvalue weighted by molar-refractivity contribution is 0.386. The first-order valence-electron chi connectivity index (χ1n) is 8.99. The first-order chi connectivity index (χ1) is 13.5. The van der Waals surface area contributed by atoms with E-state index in [2.05, 4.69) is 51.0 Å². The smallest absolute Gasteiger partial charge is 0.165 e. The van der Waals surface area contributed by atoms with Gasteiger partial charge >= 0.3 is 0 Å². The Labute approximate surface area is 162 Å². The molecule has 0 atom stereocenters. The van der Waals surface area contributed by atoms with E-state index in [4.69, 9.17) is 4.74 Å². The van der Waals surface area contributed by atoms with Crippen molar-refractivity contribution in [1.29, 1.82) is 0 Å². The van der Waals surface area contributed by atoms with E-state index in [1.165, 1.54) is 24.3 Å². The summed E-state index contributed by atoms with van der Waals surface area (Å²) in [6.45, 7) is 2.81. The molecule has 1 N–H and O–H groups in total. The van der Waals surface area contributed by atoms with Crippen molar-refractivity contribution in [2.45, 2.75) is 13.5 Å². The lowest BCUT2D eigenvalue weighted by Gasteiger charge is -2.19. The normalized spacial score (nSPS) is 11.0. The molecule has 2 aromatic heterocycles. The molecular weight excluding hydrogens is 355 g/mol. The Morgan fingerprint density at radius 3 is 2.71 bits per heavy atom. The number of aromatic nitrogens is 3. The zero-order valence-corrected chi connectivity index (χ0v) is 16.0. The van der Waals surface area contributed by atoms with Crippen molar-refractivity contribution < 1.29 is 9.13 Å². The Morgan fingerprint density at radius 2 is 1.96 bits per heavy atom. The van der Waals surface area contributed by atoms with E-state index in [0.29, 0.717) is 5.65 Å². The van der Waals surface area contributed by atoms with Gasteiger partial charge in [0, 0.05) is 24.8 Å². The van der Waals surface area contributed by atoms with Crippen LogP contribution in [0.4, 0.5) is 10.2 Å². The minimum Gasteiger partial charge on any atom is -0.494 e. The van der Waals surface area contributed by atoms with Crippen molar-refractivity contribution in [2.75, 3.05) is 19.1 Å². The number of nitrogens with one attached hydrogen (secondary N) is 1. The number of nitrogens with zero attached hydrogens (tertiary/aromatic N) is 3. The van der Waals surface area contributed by atoms with Gasteiger partial charge in [0.25, 0.3) is 0 Å². The maximum Gasteiger partial charge on any atom is 0.165 e. The van der Waals surface area contributed by atoms with Crippen LogP contribution in [0.2, 0.25) is 0 Å². The average Bonchev–Trinajstić information content (AvgIpc) is 3.12. The number of hydrogen-bond acceptors (Lipinski definition) is 4. The van der Waals surface area contributed by atoms with Gasteiger partial charge in [-0.1, -0.05) is 29.8 Å². The molecule has 4 aromatic rings. The van der Waals surface area contributed by atoms with Crippen molar-refractivity contribution in [2.24, 2.45) is 0 Å². The minimum atomic E-state index is -0.401. The third kappa shape index (κ3) is 3.41. The monoisotopic (exact) mass is 376 g/mol. The topological polar surface area (TPSA) is 54.0 Å². The number of anilines is 1. The summed E-state index contributed by atoms with van der Waals surface area (Å²) in [6, 6.07) is 15.2. The average molecular weight is 376 g/mol. The van der Waals surface area contributed by atoms with Crippen molar-refractivity contribution in [3.63, 3.8) is 0 Å².